The molecule has 1 aromatic rings. The van der Waals surface area contributed by atoms with Gasteiger partial charge in [-0.25, -0.2) is 0 Å². The van der Waals surface area contributed by atoms with Crippen LogP contribution in [0.1, 0.15) is 71.6 Å². The monoisotopic (exact) mass is 268 g/mol. The Kier molecular flexibility index (Phi) is 9.01. The van der Waals surface area contributed by atoms with Gasteiger partial charge in [-0.1, -0.05) is 52.4 Å². The van der Waals surface area contributed by atoms with Gasteiger partial charge in [-0.3, -0.25) is 0 Å². The van der Waals surface area contributed by atoms with Crippen molar-refractivity contribution in [1.29, 1.82) is 0 Å². The van der Waals surface area contributed by atoms with E-state index in [4.69, 9.17) is 4.74 Å². The van der Waals surface area contributed by atoms with E-state index in [2.05, 4.69) is 31.4 Å². The molecule has 1 heterocycles. The van der Waals surface area contributed by atoms with E-state index in [0.717, 1.165) is 11.5 Å². The third-order valence-electron chi connectivity index (χ3n) is 3.36. The van der Waals surface area contributed by atoms with Gasteiger partial charge in [0.15, 0.2) is 5.06 Å². The second kappa shape index (κ2) is 10.4. The first-order valence-electron chi connectivity index (χ1n) is 7.57. The molecule has 0 saturated heterocycles. The lowest BCUT2D eigenvalue weighted by Crippen LogP contribution is -2.14. The highest BCUT2D eigenvalue weighted by Gasteiger charge is 2.08. The van der Waals surface area contributed by atoms with Crippen molar-refractivity contribution in [3.8, 4) is 5.06 Å². The first-order chi connectivity index (χ1) is 8.86. The lowest BCUT2D eigenvalue weighted by molar-refractivity contribution is 0.188. The summed E-state index contributed by atoms with van der Waals surface area (Å²) in [5.41, 5.74) is 0. The third-order valence-corrected chi connectivity index (χ3v) is 4.12. The van der Waals surface area contributed by atoms with Gasteiger partial charge in [0, 0.05) is 0 Å². The number of ether oxygens (including phenoxy) is 1. The fourth-order valence-electron chi connectivity index (χ4n) is 2.17. The summed E-state index contributed by atoms with van der Waals surface area (Å²) in [5, 5.41) is 3.15. The molecule has 2 heteroatoms. The van der Waals surface area contributed by atoms with Crippen molar-refractivity contribution in [3.05, 3.63) is 17.5 Å². The van der Waals surface area contributed by atoms with Crippen LogP contribution >= 0.6 is 11.3 Å². The van der Waals surface area contributed by atoms with Crippen molar-refractivity contribution < 1.29 is 4.74 Å². The van der Waals surface area contributed by atoms with E-state index < -0.39 is 0 Å². The van der Waals surface area contributed by atoms with Crippen molar-refractivity contribution in [1.82, 2.24) is 0 Å². The Morgan fingerprint density at radius 2 is 1.78 bits per heavy atom. The smallest absolute Gasteiger partial charge is 0.174 e. The van der Waals surface area contributed by atoms with Crippen LogP contribution in [0.4, 0.5) is 0 Å². The zero-order valence-electron chi connectivity index (χ0n) is 12.0. The zero-order chi connectivity index (χ0) is 13.1. The number of rotatable bonds is 11. The van der Waals surface area contributed by atoms with E-state index in [1.54, 1.807) is 11.3 Å². The highest BCUT2D eigenvalue weighted by atomic mass is 32.1. The van der Waals surface area contributed by atoms with Gasteiger partial charge in [0.2, 0.25) is 0 Å². The Balaban J connectivity index is 2.01. The topological polar surface area (TPSA) is 9.23 Å². The van der Waals surface area contributed by atoms with E-state index >= 15 is 0 Å². The van der Waals surface area contributed by atoms with Crippen molar-refractivity contribution in [2.24, 2.45) is 0 Å². The van der Waals surface area contributed by atoms with E-state index in [1.807, 2.05) is 0 Å². The first-order valence-corrected chi connectivity index (χ1v) is 8.45. The molecule has 0 N–H and O–H groups in total. The van der Waals surface area contributed by atoms with Crippen LogP contribution in [0.2, 0.25) is 0 Å². The van der Waals surface area contributed by atoms with Crippen LogP contribution in [-0.2, 0) is 0 Å². The molecule has 0 fully saturated rings. The van der Waals surface area contributed by atoms with E-state index in [0.29, 0.717) is 6.10 Å². The molecule has 0 aromatic carbocycles. The van der Waals surface area contributed by atoms with Gasteiger partial charge < -0.3 is 4.74 Å². The van der Waals surface area contributed by atoms with Crippen LogP contribution in [-0.4, -0.2) is 6.10 Å². The standard InChI is InChI=1S/C16H28OS/c1-3-5-6-7-8-9-10-12-15(4-2)17-16-13-11-14-18-16/h11,13-15H,3-10,12H2,1-2H3. The van der Waals surface area contributed by atoms with Gasteiger partial charge in [0.05, 0.1) is 6.10 Å². The Morgan fingerprint density at radius 1 is 1.06 bits per heavy atom. The number of unbranched alkanes of at least 4 members (excludes halogenated alkanes) is 6. The highest BCUT2D eigenvalue weighted by molar-refractivity contribution is 7.11. The van der Waals surface area contributed by atoms with Crippen LogP contribution in [0.15, 0.2) is 17.5 Å². The molecule has 1 rings (SSSR count). The lowest BCUT2D eigenvalue weighted by Gasteiger charge is -2.15. The SMILES string of the molecule is CCCCCCCCCC(CC)Oc1cccs1. The summed E-state index contributed by atoms with van der Waals surface area (Å²) in [6.07, 6.45) is 12.4. The molecule has 1 aromatic heterocycles. The van der Waals surface area contributed by atoms with Crippen molar-refractivity contribution in [3.63, 3.8) is 0 Å². The van der Waals surface area contributed by atoms with Crippen LogP contribution in [0.5, 0.6) is 5.06 Å². The molecule has 1 atom stereocenters. The third kappa shape index (κ3) is 7.05. The average molecular weight is 268 g/mol. The molecule has 104 valence electrons. The number of thiophene rings is 1. The van der Waals surface area contributed by atoms with Crippen molar-refractivity contribution >= 4 is 11.3 Å². The Morgan fingerprint density at radius 3 is 2.39 bits per heavy atom. The number of hydrogen-bond acceptors (Lipinski definition) is 2. The molecule has 0 aliphatic carbocycles. The van der Waals surface area contributed by atoms with Gasteiger partial charge in [0.1, 0.15) is 0 Å². The van der Waals surface area contributed by atoms with Crippen molar-refractivity contribution in [2.45, 2.75) is 77.7 Å². The van der Waals surface area contributed by atoms with Gasteiger partial charge in [-0.05, 0) is 36.8 Å². The molecule has 18 heavy (non-hydrogen) atoms. The molecule has 0 amide bonds. The van der Waals surface area contributed by atoms with E-state index in [9.17, 15) is 0 Å². The normalized spacial score (nSPS) is 12.6. The second-order valence-corrected chi connectivity index (χ2v) is 5.90. The second-order valence-electron chi connectivity index (χ2n) is 4.99. The fourth-order valence-corrected chi connectivity index (χ4v) is 2.81. The molecular formula is C16H28OS. The summed E-state index contributed by atoms with van der Waals surface area (Å²) in [6, 6.07) is 4.12. The molecule has 0 radical (unpaired) electrons. The molecule has 0 aliphatic rings. The van der Waals surface area contributed by atoms with Crippen LogP contribution in [0.25, 0.3) is 0 Å². The van der Waals surface area contributed by atoms with Crippen LogP contribution in [0.3, 0.4) is 0 Å². The minimum absolute atomic E-state index is 0.416. The molecule has 0 aliphatic heterocycles. The maximum Gasteiger partial charge on any atom is 0.174 e. The van der Waals surface area contributed by atoms with E-state index in [-0.39, 0.29) is 0 Å². The fraction of sp³-hybridized carbons (Fsp3) is 0.750. The lowest BCUT2D eigenvalue weighted by atomic mass is 10.1. The largest absolute Gasteiger partial charge is 0.481 e. The summed E-state index contributed by atoms with van der Waals surface area (Å²) in [4.78, 5) is 0. The quantitative estimate of drug-likeness (QED) is 0.444. The van der Waals surface area contributed by atoms with Crippen LogP contribution in [0, 0.1) is 0 Å². The number of hydrogen-bond donors (Lipinski definition) is 0. The Hall–Kier alpha value is -0.500. The average Bonchev–Trinajstić information content (AvgIpc) is 2.89. The minimum Gasteiger partial charge on any atom is -0.481 e. The molecular weight excluding hydrogens is 240 g/mol. The molecule has 1 unspecified atom stereocenters. The van der Waals surface area contributed by atoms with Gasteiger partial charge in [0.25, 0.3) is 0 Å². The first kappa shape index (κ1) is 15.6. The van der Waals surface area contributed by atoms with Crippen LogP contribution < -0.4 is 4.74 Å². The Bertz CT molecular complexity index is 269. The molecule has 1 nitrogen and oxygen atoms in total. The summed E-state index contributed by atoms with van der Waals surface area (Å²) in [7, 11) is 0. The molecule has 0 bridgehead atoms. The summed E-state index contributed by atoms with van der Waals surface area (Å²) in [6.45, 7) is 4.49. The summed E-state index contributed by atoms with van der Waals surface area (Å²) < 4.78 is 5.97. The minimum atomic E-state index is 0.416. The maximum absolute atomic E-state index is 5.97. The van der Waals surface area contributed by atoms with Crippen molar-refractivity contribution in [2.75, 3.05) is 0 Å². The summed E-state index contributed by atoms with van der Waals surface area (Å²) >= 11 is 1.70. The predicted octanol–water partition coefficient (Wildman–Crippen LogP) is 6.05. The zero-order valence-corrected chi connectivity index (χ0v) is 12.8. The summed E-state index contributed by atoms with van der Waals surface area (Å²) in [5.74, 6) is 0. The van der Waals surface area contributed by atoms with E-state index in [1.165, 1.54) is 51.4 Å². The van der Waals surface area contributed by atoms with Gasteiger partial charge in [-0.15, -0.1) is 11.3 Å². The predicted molar refractivity (Wildman–Crippen MR) is 81.6 cm³/mol. The molecule has 0 spiro atoms. The maximum atomic E-state index is 5.97. The van der Waals surface area contributed by atoms with Gasteiger partial charge in [-0.2, -0.15) is 0 Å². The molecule has 0 saturated carbocycles. The Labute approximate surface area is 117 Å². The van der Waals surface area contributed by atoms with Gasteiger partial charge >= 0.3 is 0 Å². The highest BCUT2D eigenvalue weighted by Crippen LogP contribution is 2.22.